The van der Waals surface area contributed by atoms with Gasteiger partial charge in [0.2, 0.25) is 0 Å². The highest BCUT2D eigenvalue weighted by Gasteiger charge is 2.20. The second kappa shape index (κ2) is 4.80. The van der Waals surface area contributed by atoms with Crippen LogP contribution in [0.1, 0.15) is 27.7 Å². The first-order chi connectivity index (χ1) is 7.29. The van der Waals surface area contributed by atoms with Crippen LogP contribution in [0.3, 0.4) is 0 Å². The van der Waals surface area contributed by atoms with E-state index < -0.39 is 6.43 Å². The van der Waals surface area contributed by atoms with Gasteiger partial charge in [-0.05, 0) is 12.3 Å². The highest BCUT2D eigenvalue weighted by atomic mass is 19.3. The highest BCUT2D eigenvalue weighted by molar-refractivity contribution is 5.33. The van der Waals surface area contributed by atoms with Crippen molar-refractivity contribution < 1.29 is 8.78 Å². The van der Waals surface area contributed by atoms with Crippen LogP contribution in [0, 0.1) is 5.41 Å². The molecule has 0 saturated carbocycles. The van der Waals surface area contributed by atoms with Crippen molar-refractivity contribution >= 4 is 5.82 Å². The van der Waals surface area contributed by atoms with Crippen LogP contribution in [0.25, 0.3) is 0 Å². The minimum Gasteiger partial charge on any atom is -0.366 e. The smallest absolute Gasteiger partial charge is 0.257 e. The van der Waals surface area contributed by atoms with Crippen LogP contribution in [0.15, 0.2) is 12.3 Å². The number of nitrogens with one attached hydrogen (secondary N) is 1. The maximum absolute atomic E-state index is 12.1. The van der Waals surface area contributed by atoms with E-state index in [1.165, 1.54) is 4.68 Å². The third-order valence-electron chi connectivity index (χ3n) is 2.63. The summed E-state index contributed by atoms with van der Waals surface area (Å²) >= 11 is 0. The quantitative estimate of drug-likeness (QED) is 0.863. The van der Waals surface area contributed by atoms with Crippen molar-refractivity contribution in [1.29, 1.82) is 0 Å². The van der Waals surface area contributed by atoms with Gasteiger partial charge in [0.25, 0.3) is 6.43 Å². The topological polar surface area (TPSA) is 29.9 Å². The Labute approximate surface area is 94.8 Å². The fourth-order valence-electron chi connectivity index (χ4n) is 1.12. The lowest BCUT2D eigenvalue weighted by molar-refractivity contribution is 0.122. The van der Waals surface area contributed by atoms with Gasteiger partial charge in [0.1, 0.15) is 12.4 Å². The minimum atomic E-state index is -2.37. The van der Waals surface area contributed by atoms with Crippen molar-refractivity contribution in [2.24, 2.45) is 5.41 Å². The fourth-order valence-corrected chi connectivity index (χ4v) is 1.12. The standard InChI is InChI=1S/C11H19F2N3/c1-8(11(2,3)4)14-10-5-6-16(15-10)7-9(12)13/h5-6,8-9H,7H2,1-4H3,(H,14,15). The van der Waals surface area contributed by atoms with Crippen molar-refractivity contribution in [3.8, 4) is 0 Å². The Balaban J connectivity index is 2.58. The number of alkyl halides is 2. The maximum atomic E-state index is 12.1. The number of hydrogen-bond acceptors (Lipinski definition) is 2. The van der Waals surface area contributed by atoms with Crippen LogP contribution in [0.5, 0.6) is 0 Å². The molecule has 0 aliphatic heterocycles. The van der Waals surface area contributed by atoms with Gasteiger partial charge in [-0.1, -0.05) is 20.8 Å². The Kier molecular flexibility index (Phi) is 3.88. The molecule has 1 N–H and O–H groups in total. The molecule has 3 nitrogen and oxygen atoms in total. The monoisotopic (exact) mass is 231 g/mol. The van der Waals surface area contributed by atoms with Crippen LogP contribution >= 0.6 is 0 Å². The van der Waals surface area contributed by atoms with E-state index in [2.05, 4.69) is 31.2 Å². The van der Waals surface area contributed by atoms with E-state index in [1.807, 2.05) is 6.92 Å². The SMILES string of the molecule is CC(Nc1ccn(CC(F)F)n1)C(C)(C)C. The summed E-state index contributed by atoms with van der Waals surface area (Å²) in [5.41, 5.74) is 0.104. The predicted octanol–water partition coefficient (Wildman–Crippen LogP) is 2.99. The first kappa shape index (κ1) is 12.9. The molecule has 16 heavy (non-hydrogen) atoms. The van der Waals surface area contributed by atoms with Crippen molar-refractivity contribution in [2.45, 2.75) is 46.7 Å². The van der Waals surface area contributed by atoms with Crippen molar-refractivity contribution in [3.05, 3.63) is 12.3 Å². The molecular formula is C11H19F2N3. The molecule has 1 rings (SSSR count). The summed E-state index contributed by atoms with van der Waals surface area (Å²) in [6.45, 7) is 8.03. The minimum absolute atomic E-state index is 0.104. The second-order valence-corrected chi connectivity index (χ2v) is 5.05. The summed E-state index contributed by atoms with van der Waals surface area (Å²) in [7, 11) is 0. The summed E-state index contributed by atoms with van der Waals surface area (Å²) in [5.74, 6) is 0.642. The summed E-state index contributed by atoms with van der Waals surface area (Å²) in [4.78, 5) is 0. The number of nitrogens with zero attached hydrogens (tertiary/aromatic N) is 2. The third kappa shape index (κ3) is 3.79. The Bertz CT molecular complexity index is 328. The molecule has 0 spiro atoms. The molecule has 0 saturated heterocycles. The van der Waals surface area contributed by atoms with E-state index in [0.29, 0.717) is 5.82 Å². The molecular weight excluding hydrogens is 212 g/mol. The molecule has 0 aliphatic rings. The maximum Gasteiger partial charge on any atom is 0.257 e. The van der Waals surface area contributed by atoms with E-state index >= 15 is 0 Å². The summed E-state index contributed by atoms with van der Waals surface area (Å²) < 4.78 is 25.5. The molecule has 0 radical (unpaired) electrons. The zero-order valence-corrected chi connectivity index (χ0v) is 10.2. The molecule has 1 aromatic heterocycles. The molecule has 5 heteroatoms. The zero-order valence-electron chi connectivity index (χ0n) is 10.2. The largest absolute Gasteiger partial charge is 0.366 e. The molecule has 0 bridgehead atoms. The zero-order chi connectivity index (χ0) is 12.3. The van der Waals surface area contributed by atoms with Crippen molar-refractivity contribution in [2.75, 3.05) is 5.32 Å². The second-order valence-electron chi connectivity index (χ2n) is 5.05. The van der Waals surface area contributed by atoms with Crippen LogP contribution in [-0.2, 0) is 6.54 Å². The third-order valence-corrected chi connectivity index (χ3v) is 2.63. The summed E-state index contributed by atoms with van der Waals surface area (Å²) in [5, 5.41) is 7.23. The highest BCUT2D eigenvalue weighted by Crippen LogP contribution is 2.21. The fraction of sp³-hybridized carbons (Fsp3) is 0.727. The molecule has 0 aliphatic carbocycles. The van der Waals surface area contributed by atoms with Crippen molar-refractivity contribution in [3.63, 3.8) is 0 Å². The van der Waals surface area contributed by atoms with Gasteiger partial charge < -0.3 is 5.32 Å². The van der Waals surface area contributed by atoms with E-state index in [-0.39, 0.29) is 18.0 Å². The average Bonchev–Trinajstić information content (AvgIpc) is 2.49. The van der Waals surface area contributed by atoms with Gasteiger partial charge in [0.15, 0.2) is 0 Å². The first-order valence-electron chi connectivity index (χ1n) is 5.37. The Morgan fingerprint density at radius 2 is 2.06 bits per heavy atom. The lowest BCUT2D eigenvalue weighted by Crippen LogP contribution is -2.31. The first-order valence-corrected chi connectivity index (χ1v) is 5.37. The number of halogens is 2. The predicted molar refractivity (Wildman–Crippen MR) is 60.8 cm³/mol. The lowest BCUT2D eigenvalue weighted by Gasteiger charge is -2.27. The van der Waals surface area contributed by atoms with Gasteiger partial charge in [0.05, 0.1) is 0 Å². The van der Waals surface area contributed by atoms with Gasteiger partial charge in [0, 0.05) is 18.3 Å². The number of hydrogen-bond donors (Lipinski definition) is 1. The van der Waals surface area contributed by atoms with Gasteiger partial charge in [-0.15, -0.1) is 0 Å². The Morgan fingerprint density at radius 1 is 1.44 bits per heavy atom. The molecule has 1 unspecified atom stereocenters. The van der Waals surface area contributed by atoms with Gasteiger partial charge >= 0.3 is 0 Å². The number of anilines is 1. The molecule has 0 amide bonds. The Hall–Kier alpha value is -1.13. The van der Waals surface area contributed by atoms with Crippen LogP contribution in [0.4, 0.5) is 14.6 Å². The normalized spacial score (nSPS) is 14.2. The molecule has 0 aromatic carbocycles. The van der Waals surface area contributed by atoms with Gasteiger partial charge in [-0.25, -0.2) is 8.78 Å². The lowest BCUT2D eigenvalue weighted by atomic mass is 9.88. The molecule has 1 atom stereocenters. The summed E-state index contributed by atoms with van der Waals surface area (Å²) in [6, 6.07) is 1.94. The van der Waals surface area contributed by atoms with E-state index in [4.69, 9.17) is 0 Å². The average molecular weight is 231 g/mol. The number of rotatable bonds is 4. The summed E-state index contributed by atoms with van der Waals surface area (Å²) in [6.07, 6.45) is -0.808. The molecule has 1 heterocycles. The van der Waals surface area contributed by atoms with Crippen molar-refractivity contribution in [1.82, 2.24) is 9.78 Å². The van der Waals surface area contributed by atoms with Crippen LogP contribution in [-0.4, -0.2) is 22.2 Å². The molecule has 92 valence electrons. The van der Waals surface area contributed by atoms with E-state index in [0.717, 1.165) is 0 Å². The number of aromatic nitrogens is 2. The Morgan fingerprint density at radius 3 is 2.56 bits per heavy atom. The van der Waals surface area contributed by atoms with Gasteiger partial charge in [-0.3, -0.25) is 4.68 Å². The molecule has 1 aromatic rings. The van der Waals surface area contributed by atoms with Crippen LogP contribution < -0.4 is 5.32 Å². The van der Waals surface area contributed by atoms with E-state index in [1.54, 1.807) is 12.3 Å². The molecule has 0 fully saturated rings. The van der Waals surface area contributed by atoms with Crippen LogP contribution in [0.2, 0.25) is 0 Å². The van der Waals surface area contributed by atoms with E-state index in [9.17, 15) is 8.78 Å². The van der Waals surface area contributed by atoms with Gasteiger partial charge in [-0.2, -0.15) is 5.10 Å².